The first-order chi connectivity index (χ1) is 20.2. The predicted molar refractivity (Wildman–Crippen MR) is 158 cm³/mol. The third-order valence-corrected chi connectivity index (χ3v) is 10.3. The lowest BCUT2D eigenvalue weighted by Crippen LogP contribution is -2.53. The van der Waals surface area contributed by atoms with Gasteiger partial charge in [0, 0.05) is 52.3 Å². The number of methoxy groups -OCH3 is 1. The summed E-state index contributed by atoms with van der Waals surface area (Å²) >= 11 is 12.8. The van der Waals surface area contributed by atoms with Crippen LogP contribution in [-0.4, -0.2) is 46.3 Å². The number of nitrogens with zero attached hydrogens (tertiary/aromatic N) is 3. The van der Waals surface area contributed by atoms with Gasteiger partial charge in [-0.3, -0.25) is 14.4 Å². The lowest BCUT2D eigenvalue weighted by molar-refractivity contribution is -0.128. The summed E-state index contributed by atoms with van der Waals surface area (Å²) in [5.74, 6) is -1.32. The van der Waals surface area contributed by atoms with E-state index in [2.05, 4.69) is 10.2 Å². The monoisotopic (exact) mass is 604 g/mol. The van der Waals surface area contributed by atoms with E-state index in [-0.39, 0.29) is 23.0 Å². The summed E-state index contributed by atoms with van der Waals surface area (Å²) in [6, 6.07) is 13.7. The molecule has 3 aliphatic heterocycles. The molecule has 1 aliphatic carbocycles. The van der Waals surface area contributed by atoms with E-state index < -0.39 is 23.2 Å². The molecule has 0 radical (unpaired) electrons. The minimum atomic E-state index is -1.19. The summed E-state index contributed by atoms with van der Waals surface area (Å²) in [6.07, 6.45) is 2.82. The average Bonchev–Trinajstić information content (AvgIpc) is 3.43. The van der Waals surface area contributed by atoms with Gasteiger partial charge in [-0.2, -0.15) is 5.10 Å². The number of aromatic nitrogens is 2. The van der Waals surface area contributed by atoms with Crippen molar-refractivity contribution in [3.05, 3.63) is 92.3 Å². The van der Waals surface area contributed by atoms with Gasteiger partial charge >= 0.3 is 5.97 Å². The number of anilines is 1. The second kappa shape index (κ2) is 9.02. The summed E-state index contributed by atoms with van der Waals surface area (Å²) < 4.78 is 23.1. The van der Waals surface area contributed by atoms with Gasteiger partial charge in [-0.15, -0.1) is 0 Å². The Morgan fingerprint density at radius 2 is 2.00 bits per heavy atom. The zero-order valence-corrected chi connectivity index (χ0v) is 24.5. The number of carbonyl (C=O) groups is 2. The highest BCUT2D eigenvalue weighted by Crippen LogP contribution is 2.64. The maximum Gasteiger partial charge on any atom is 0.338 e. The van der Waals surface area contributed by atoms with Crippen molar-refractivity contribution < 1.29 is 18.7 Å². The lowest BCUT2D eigenvalue weighted by Gasteiger charge is -2.40. The second-order valence-electron chi connectivity index (χ2n) is 12.0. The number of hydrogen-bond acceptors (Lipinski definition) is 5. The quantitative estimate of drug-likeness (QED) is 0.273. The number of aryl methyl sites for hydroxylation is 1. The van der Waals surface area contributed by atoms with Gasteiger partial charge < -0.3 is 10.1 Å². The molecule has 1 saturated heterocycles. The Hall–Kier alpha value is -3.46. The van der Waals surface area contributed by atoms with Crippen LogP contribution < -0.4 is 5.32 Å². The van der Waals surface area contributed by atoms with Gasteiger partial charge in [-0.25, -0.2) is 9.18 Å². The van der Waals surface area contributed by atoms with Crippen molar-refractivity contribution in [2.24, 2.45) is 5.92 Å². The van der Waals surface area contributed by atoms with Crippen molar-refractivity contribution >= 4 is 51.7 Å². The van der Waals surface area contributed by atoms with Crippen LogP contribution in [0.1, 0.15) is 57.5 Å². The molecular formula is C32H27Cl2FN4O3. The first kappa shape index (κ1) is 26.2. The van der Waals surface area contributed by atoms with Gasteiger partial charge in [-0.05, 0) is 67.1 Å². The van der Waals surface area contributed by atoms with Crippen LogP contribution in [0.15, 0.2) is 48.5 Å². The van der Waals surface area contributed by atoms with Crippen molar-refractivity contribution in [2.45, 2.75) is 49.7 Å². The molecule has 42 heavy (non-hydrogen) atoms. The molecule has 4 heterocycles. The molecule has 4 aliphatic rings. The van der Waals surface area contributed by atoms with Crippen LogP contribution in [0.3, 0.4) is 0 Å². The third-order valence-electron chi connectivity index (χ3n) is 9.73. The summed E-state index contributed by atoms with van der Waals surface area (Å²) in [6.45, 7) is 2.60. The van der Waals surface area contributed by atoms with Crippen LogP contribution in [0.4, 0.5) is 10.1 Å². The first-order valence-electron chi connectivity index (χ1n) is 14.2. The highest BCUT2D eigenvalue weighted by molar-refractivity contribution is 6.31. The van der Waals surface area contributed by atoms with Gasteiger partial charge in [0.05, 0.1) is 29.3 Å². The predicted octanol–water partition coefficient (Wildman–Crippen LogP) is 6.40. The van der Waals surface area contributed by atoms with Gasteiger partial charge in [0.15, 0.2) is 0 Å². The number of fused-ring (bicyclic) bond motifs is 7. The maximum absolute atomic E-state index is 16.1. The number of likely N-dealkylation sites (tertiary alicyclic amines) is 1. The number of ether oxygens (including phenoxy) is 1. The molecule has 214 valence electrons. The van der Waals surface area contributed by atoms with Gasteiger partial charge in [0.1, 0.15) is 11.4 Å². The molecule has 1 N–H and O–H groups in total. The molecule has 0 bridgehead atoms. The van der Waals surface area contributed by atoms with Crippen molar-refractivity contribution in [1.29, 1.82) is 0 Å². The van der Waals surface area contributed by atoms with Crippen LogP contribution in [0, 0.1) is 18.7 Å². The molecule has 1 saturated carbocycles. The summed E-state index contributed by atoms with van der Waals surface area (Å²) in [5.41, 5.74) is 3.55. The van der Waals surface area contributed by atoms with Crippen LogP contribution in [-0.2, 0) is 21.5 Å². The van der Waals surface area contributed by atoms with Crippen LogP contribution >= 0.6 is 23.2 Å². The summed E-state index contributed by atoms with van der Waals surface area (Å²) in [4.78, 5) is 29.2. The molecule has 3 aromatic carbocycles. The number of carbonyl (C=O) groups excluding carboxylic acids is 2. The van der Waals surface area contributed by atoms with Crippen LogP contribution in [0.25, 0.3) is 10.9 Å². The number of halogens is 3. The van der Waals surface area contributed by atoms with Gasteiger partial charge in [0.2, 0.25) is 5.91 Å². The van der Waals surface area contributed by atoms with E-state index in [4.69, 9.17) is 33.0 Å². The molecule has 1 aromatic heterocycles. The summed E-state index contributed by atoms with van der Waals surface area (Å²) in [7, 11) is 1.36. The molecule has 0 unspecified atom stereocenters. The Labute approximate surface area is 251 Å². The SMILES string of the molecule is COC(=O)c1cc2nn3c(c2cc1C)C[C@H]1[C@@H]3[C@H](c2cccc(Cl)c2F)[C@]2(C(=O)Nc3cc(Cl)ccc32)N1CC1CC1. The van der Waals surface area contributed by atoms with E-state index in [1.165, 1.54) is 13.2 Å². The Morgan fingerprint density at radius 3 is 2.76 bits per heavy atom. The average molecular weight is 605 g/mol. The zero-order chi connectivity index (χ0) is 29.1. The van der Waals surface area contributed by atoms with Crippen molar-refractivity contribution in [3.63, 3.8) is 0 Å². The number of rotatable bonds is 4. The Bertz CT molecular complexity index is 1850. The molecule has 10 heteroatoms. The minimum absolute atomic E-state index is 0.0109. The van der Waals surface area contributed by atoms with Crippen molar-refractivity contribution in [1.82, 2.24) is 14.7 Å². The molecule has 7 nitrogen and oxygen atoms in total. The smallest absolute Gasteiger partial charge is 0.338 e. The number of benzene rings is 3. The summed E-state index contributed by atoms with van der Waals surface area (Å²) in [5, 5.41) is 9.61. The van der Waals surface area contributed by atoms with E-state index >= 15 is 4.39 Å². The molecule has 2 fully saturated rings. The number of hydrogen-bond donors (Lipinski definition) is 1. The highest BCUT2D eigenvalue weighted by Gasteiger charge is 2.69. The van der Waals surface area contributed by atoms with E-state index in [0.717, 1.165) is 35.0 Å². The highest BCUT2D eigenvalue weighted by atomic mass is 35.5. The van der Waals surface area contributed by atoms with Crippen LogP contribution in [0.2, 0.25) is 10.0 Å². The largest absolute Gasteiger partial charge is 0.465 e. The van der Waals surface area contributed by atoms with Crippen molar-refractivity contribution in [3.8, 4) is 0 Å². The normalized spacial score (nSPS) is 26.0. The molecule has 4 atom stereocenters. The third kappa shape index (κ3) is 3.40. The molecule has 4 aromatic rings. The molecule has 1 spiro atoms. The lowest BCUT2D eigenvalue weighted by atomic mass is 9.73. The fourth-order valence-electron chi connectivity index (χ4n) is 7.83. The topological polar surface area (TPSA) is 76.5 Å². The standard InChI is InChI=1S/C32H27Cl2FN4O3/c1-15-10-20-23(12-19(15)30(40)42-2)37-39-25(20)13-26-29(39)27(18-4-3-5-22(34)28(18)35)32(38(26)14-16-6-7-16)21-9-8-17(33)11-24(21)36-31(32)41/h3-5,8-12,16,26-27,29H,6-7,13-14H2,1-2H3,(H,36,41)/t26-,27-,29+,32+/m0/s1. The maximum atomic E-state index is 16.1. The fourth-order valence-corrected chi connectivity index (χ4v) is 8.18. The van der Waals surface area contributed by atoms with E-state index in [1.807, 2.05) is 23.7 Å². The Balaban J connectivity index is 1.41. The number of esters is 1. The Kier molecular flexibility index (Phi) is 5.62. The molecule has 8 rings (SSSR count). The van der Waals surface area contributed by atoms with Crippen molar-refractivity contribution in [2.75, 3.05) is 19.0 Å². The van der Waals surface area contributed by atoms with E-state index in [1.54, 1.807) is 30.3 Å². The zero-order valence-electron chi connectivity index (χ0n) is 23.0. The number of nitrogens with one attached hydrogen (secondary N) is 1. The van der Waals surface area contributed by atoms with Gasteiger partial charge in [0.25, 0.3) is 0 Å². The van der Waals surface area contributed by atoms with E-state index in [9.17, 15) is 9.59 Å². The fraction of sp³-hybridized carbons (Fsp3) is 0.344. The Morgan fingerprint density at radius 1 is 1.19 bits per heavy atom. The van der Waals surface area contributed by atoms with E-state index in [0.29, 0.717) is 46.2 Å². The molecule has 1 amide bonds. The second-order valence-corrected chi connectivity index (χ2v) is 12.8. The van der Waals surface area contributed by atoms with Gasteiger partial charge in [-0.1, -0.05) is 41.4 Å². The first-order valence-corrected chi connectivity index (χ1v) is 14.9. The number of amides is 1. The van der Waals surface area contributed by atoms with Crippen LogP contribution in [0.5, 0.6) is 0 Å². The molecular weight excluding hydrogens is 578 g/mol. The minimum Gasteiger partial charge on any atom is -0.465 e.